The van der Waals surface area contributed by atoms with Gasteiger partial charge in [0.2, 0.25) is 0 Å². The molecule has 0 radical (unpaired) electrons. The van der Waals surface area contributed by atoms with E-state index in [1.165, 1.54) is 5.56 Å². The van der Waals surface area contributed by atoms with Crippen molar-refractivity contribution < 1.29 is 9.84 Å². The lowest BCUT2D eigenvalue weighted by Crippen LogP contribution is -1.89. The van der Waals surface area contributed by atoms with Gasteiger partial charge in [-0.1, -0.05) is 26.0 Å². The quantitative estimate of drug-likeness (QED) is 0.848. The topological polar surface area (TPSA) is 29.5 Å². The van der Waals surface area contributed by atoms with Crippen LogP contribution in [0.25, 0.3) is 0 Å². The third-order valence-electron chi connectivity index (χ3n) is 2.60. The van der Waals surface area contributed by atoms with Gasteiger partial charge in [-0.05, 0) is 47.9 Å². The molecule has 0 saturated carbocycles. The normalized spacial score (nSPS) is 10.5. The average Bonchev–Trinajstić information content (AvgIpc) is 2.32. The fourth-order valence-electron chi connectivity index (χ4n) is 1.59. The monoisotopic (exact) mass is 228 g/mol. The zero-order chi connectivity index (χ0) is 12.3. The molecule has 0 unspecified atom stereocenters. The van der Waals surface area contributed by atoms with Gasteiger partial charge in [-0.3, -0.25) is 0 Å². The Morgan fingerprint density at radius 3 is 2.29 bits per heavy atom. The second-order valence-corrected chi connectivity index (χ2v) is 4.32. The molecule has 0 aromatic heterocycles. The van der Waals surface area contributed by atoms with E-state index in [4.69, 9.17) is 4.74 Å². The van der Waals surface area contributed by atoms with Crippen molar-refractivity contribution in [2.45, 2.75) is 19.8 Å². The molecule has 1 N–H and O–H groups in total. The number of hydrogen-bond donors (Lipinski definition) is 1. The fraction of sp³-hybridized carbons (Fsp3) is 0.200. The average molecular weight is 228 g/mol. The smallest absolute Gasteiger partial charge is 0.127 e. The highest BCUT2D eigenvalue weighted by Crippen LogP contribution is 2.26. The molecule has 2 rings (SSSR count). The van der Waals surface area contributed by atoms with Crippen LogP contribution in [0.15, 0.2) is 48.5 Å². The van der Waals surface area contributed by atoms with Gasteiger partial charge < -0.3 is 9.84 Å². The number of ether oxygens (including phenoxy) is 1. The van der Waals surface area contributed by atoms with Crippen LogP contribution in [-0.4, -0.2) is 5.11 Å². The van der Waals surface area contributed by atoms with E-state index in [0.717, 1.165) is 11.5 Å². The number of phenols is 1. The van der Waals surface area contributed by atoms with Crippen LogP contribution in [0.4, 0.5) is 0 Å². The second kappa shape index (κ2) is 4.91. The molecule has 2 nitrogen and oxygen atoms in total. The Labute approximate surface area is 101 Å². The highest BCUT2D eigenvalue weighted by molar-refractivity contribution is 5.37. The first kappa shape index (κ1) is 11.5. The predicted octanol–water partition coefficient (Wildman–Crippen LogP) is 4.31. The van der Waals surface area contributed by atoms with Crippen molar-refractivity contribution >= 4 is 0 Å². The Bertz CT molecular complexity index is 487. The Morgan fingerprint density at radius 1 is 0.941 bits per heavy atom. The van der Waals surface area contributed by atoms with Gasteiger partial charge in [0.05, 0.1) is 0 Å². The van der Waals surface area contributed by atoms with Crippen LogP contribution in [0.2, 0.25) is 0 Å². The lowest BCUT2D eigenvalue weighted by atomic mass is 10.0. The fourth-order valence-corrected chi connectivity index (χ4v) is 1.59. The van der Waals surface area contributed by atoms with Crippen molar-refractivity contribution in [3.05, 3.63) is 54.1 Å². The molecule has 88 valence electrons. The summed E-state index contributed by atoms with van der Waals surface area (Å²) < 4.78 is 5.71. The van der Waals surface area contributed by atoms with Gasteiger partial charge in [0.15, 0.2) is 0 Å². The maximum absolute atomic E-state index is 9.18. The van der Waals surface area contributed by atoms with Crippen molar-refractivity contribution in [2.24, 2.45) is 0 Å². The van der Waals surface area contributed by atoms with Gasteiger partial charge in [-0.15, -0.1) is 0 Å². The SMILES string of the molecule is CC(C)c1cccc(Oc2ccc(O)cc2)c1. The number of rotatable bonds is 3. The molecule has 0 heterocycles. The molecule has 0 bridgehead atoms. The van der Waals surface area contributed by atoms with E-state index in [1.54, 1.807) is 24.3 Å². The summed E-state index contributed by atoms with van der Waals surface area (Å²) >= 11 is 0. The van der Waals surface area contributed by atoms with Gasteiger partial charge in [0.1, 0.15) is 17.2 Å². The van der Waals surface area contributed by atoms with Gasteiger partial charge in [-0.2, -0.15) is 0 Å². The lowest BCUT2D eigenvalue weighted by Gasteiger charge is -2.09. The molecule has 0 atom stereocenters. The highest BCUT2D eigenvalue weighted by Gasteiger charge is 2.02. The van der Waals surface area contributed by atoms with Crippen LogP contribution in [0.1, 0.15) is 25.3 Å². The van der Waals surface area contributed by atoms with Crippen molar-refractivity contribution in [1.82, 2.24) is 0 Å². The first-order valence-electron chi connectivity index (χ1n) is 5.72. The van der Waals surface area contributed by atoms with E-state index < -0.39 is 0 Å². The van der Waals surface area contributed by atoms with E-state index >= 15 is 0 Å². The molecule has 0 fully saturated rings. The van der Waals surface area contributed by atoms with E-state index in [-0.39, 0.29) is 5.75 Å². The van der Waals surface area contributed by atoms with E-state index in [1.807, 2.05) is 18.2 Å². The molecule has 0 spiro atoms. The van der Waals surface area contributed by atoms with Crippen molar-refractivity contribution in [2.75, 3.05) is 0 Å². The zero-order valence-corrected chi connectivity index (χ0v) is 10.1. The van der Waals surface area contributed by atoms with Crippen molar-refractivity contribution in [1.29, 1.82) is 0 Å². The molecular formula is C15H16O2. The number of hydrogen-bond acceptors (Lipinski definition) is 2. The molecule has 2 aromatic rings. The predicted molar refractivity (Wildman–Crippen MR) is 68.7 cm³/mol. The largest absolute Gasteiger partial charge is 0.508 e. The molecule has 17 heavy (non-hydrogen) atoms. The Hall–Kier alpha value is -1.96. The summed E-state index contributed by atoms with van der Waals surface area (Å²) in [6.45, 7) is 4.30. The maximum atomic E-state index is 9.18. The molecular weight excluding hydrogens is 212 g/mol. The summed E-state index contributed by atoms with van der Waals surface area (Å²) in [4.78, 5) is 0. The van der Waals surface area contributed by atoms with Crippen LogP contribution in [0.3, 0.4) is 0 Å². The van der Waals surface area contributed by atoms with Crippen molar-refractivity contribution in [3.8, 4) is 17.2 Å². The van der Waals surface area contributed by atoms with Gasteiger partial charge >= 0.3 is 0 Å². The van der Waals surface area contributed by atoms with Crippen LogP contribution < -0.4 is 4.74 Å². The van der Waals surface area contributed by atoms with Gasteiger partial charge in [0, 0.05) is 0 Å². The minimum atomic E-state index is 0.244. The van der Waals surface area contributed by atoms with Crippen LogP contribution in [0, 0.1) is 0 Å². The molecule has 2 heteroatoms. The summed E-state index contributed by atoms with van der Waals surface area (Å²) in [5.74, 6) is 2.28. The van der Waals surface area contributed by atoms with E-state index in [9.17, 15) is 5.11 Å². The van der Waals surface area contributed by atoms with E-state index in [2.05, 4.69) is 19.9 Å². The third-order valence-corrected chi connectivity index (χ3v) is 2.60. The summed E-state index contributed by atoms with van der Waals surface area (Å²) in [6, 6.07) is 14.8. The molecule has 0 aliphatic rings. The Balaban J connectivity index is 2.18. The maximum Gasteiger partial charge on any atom is 0.127 e. The van der Waals surface area contributed by atoms with Crippen LogP contribution in [0.5, 0.6) is 17.2 Å². The molecule has 0 aliphatic heterocycles. The number of aromatic hydroxyl groups is 1. The summed E-state index contributed by atoms with van der Waals surface area (Å²) in [7, 11) is 0. The van der Waals surface area contributed by atoms with Gasteiger partial charge in [0.25, 0.3) is 0 Å². The molecule has 0 amide bonds. The molecule has 0 saturated heterocycles. The first-order chi connectivity index (χ1) is 8.15. The van der Waals surface area contributed by atoms with E-state index in [0.29, 0.717) is 5.92 Å². The number of benzene rings is 2. The van der Waals surface area contributed by atoms with Crippen LogP contribution in [-0.2, 0) is 0 Å². The molecule has 2 aromatic carbocycles. The number of phenolic OH excluding ortho intramolecular Hbond substituents is 1. The minimum Gasteiger partial charge on any atom is -0.508 e. The first-order valence-corrected chi connectivity index (χ1v) is 5.72. The summed E-state index contributed by atoms with van der Waals surface area (Å²) in [5.41, 5.74) is 1.25. The Kier molecular flexibility index (Phi) is 3.33. The summed E-state index contributed by atoms with van der Waals surface area (Å²) in [6.07, 6.45) is 0. The van der Waals surface area contributed by atoms with Crippen LogP contribution >= 0.6 is 0 Å². The Morgan fingerprint density at radius 2 is 1.65 bits per heavy atom. The van der Waals surface area contributed by atoms with Gasteiger partial charge in [-0.25, -0.2) is 0 Å². The third kappa shape index (κ3) is 3.00. The minimum absolute atomic E-state index is 0.244. The summed E-state index contributed by atoms with van der Waals surface area (Å²) in [5, 5.41) is 9.18. The van der Waals surface area contributed by atoms with Crippen molar-refractivity contribution in [3.63, 3.8) is 0 Å². The zero-order valence-electron chi connectivity index (χ0n) is 10.1. The standard InChI is InChI=1S/C15H16O2/c1-11(2)12-4-3-5-15(10-12)17-14-8-6-13(16)7-9-14/h3-11,16H,1-2H3. The molecule has 0 aliphatic carbocycles. The second-order valence-electron chi connectivity index (χ2n) is 4.32. The highest BCUT2D eigenvalue weighted by atomic mass is 16.5. The lowest BCUT2D eigenvalue weighted by molar-refractivity contribution is 0.464.